The molecule has 0 aliphatic heterocycles. The van der Waals surface area contributed by atoms with E-state index in [0.29, 0.717) is 10.6 Å². The number of amidine groups is 1. The Morgan fingerprint density at radius 3 is 2.57 bits per heavy atom. The minimum atomic E-state index is -0.854. The molecule has 8 heteroatoms. The lowest BCUT2D eigenvalue weighted by molar-refractivity contribution is -0.138. The highest BCUT2D eigenvalue weighted by Gasteiger charge is 2.22. The largest absolute Gasteiger partial charge is 0.480 e. The summed E-state index contributed by atoms with van der Waals surface area (Å²) in [7, 11) is 0. The van der Waals surface area contributed by atoms with Gasteiger partial charge in [-0.3, -0.25) is 0 Å². The van der Waals surface area contributed by atoms with Crippen LogP contribution in [0.2, 0.25) is 5.02 Å². The number of carbonyl (C=O) groups excluding carboxylic acids is 1. The van der Waals surface area contributed by atoms with E-state index in [0.717, 1.165) is 0 Å². The second-order valence-electron chi connectivity index (χ2n) is 4.08. The summed E-state index contributed by atoms with van der Waals surface area (Å²) in [6.07, 6.45) is 1.37. The van der Waals surface area contributed by atoms with Gasteiger partial charge in [-0.1, -0.05) is 29.8 Å². The molecule has 0 atom stereocenters. The minimum Gasteiger partial charge on any atom is -0.480 e. The van der Waals surface area contributed by atoms with E-state index >= 15 is 0 Å². The van der Waals surface area contributed by atoms with Gasteiger partial charge in [-0.2, -0.15) is 5.10 Å². The number of halogens is 1. The molecule has 0 saturated carbocycles. The van der Waals surface area contributed by atoms with Crippen LogP contribution in [-0.2, 0) is 14.3 Å². The Labute approximate surface area is 139 Å². The summed E-state index contributed by atoms with van der Waals surface area (Å²) < 4.78 is 9.68. The van der Waals surface area contributed by atoms with E-state index in [2.05, 4.69) is 10.2 Å². The highest BCUT2D eigenvalue weighted by atomic mass is 35.5. The van der Waals surface area contributed by atoms with Crippen LogP contribution in [0.25, 0.3) is 0 Å². The molecule has 0 radical (unpaired) electrons. The summed E-state index contributed by atoms with van der Waals surface area (Å²) in [4.78, 5) is 11.8. The predicted molar refractivity (Wildman–Crippen MR) is 88.6 cm³/mol. The first-order valence-electron chi connectivity index (χ1n) is 6.85. The van der Waals surface area contributed by atoms with Gasteiger partial charge in [0.1, 0.15) is 0 Å². The van der Waals surface area contributed by atoms with E-state index < -0.39 is 11.9 Å². The molecule has 0 bridgehead atoms. The van der Waals surface area contributed by atoms with Gasteiger partial charge >= 0.3 is 5.97 Å². The van der Waals surface area contributed by atoms with Crippen LogP contribution in [0.1, 0.15) is 19.4 Å². The molecule has 0 amide bonds. The summed E-state index contributed by atoms with van der Waals surface area (Å²) in [6, 6.07) is 6.99. The van der Waals surface area contributed by atoms with Gasteiger partial charge in [0.2, 0.25) is 0 Å². The molecule has 0 spiro atoms. The first-order chi connectivity index (χ1) is 11.0. The molecule has 0 saturated heterocycles. The normalized spacial score (nSPS) is 12.9. The second-order valence-corrected chi connectivity index (χ2v) is 4.49. The monoisotopic (exact) mass is 339 g/mol. The van der Waals surface area contributed by atoms with Crippen LogP contribution in [0.5, 0.6) is 0 Å². The van der Waals surface area contributed by atoms with Crippen LogP contribution in [-0.4, -0.2) is 36.3 Å². The lowest BCUT2D eigenvalue weighted by Crippen LogP contribution is -2.25. The van der Waals surface area contributed by atoms with Gasteiger partial charge in [-0.25, -0.2) is 4.79 Å². The van der Waals surface area contributed by atoms with Crippen molar-refractivity contribution < 1.29 is 19.4 Å². The van der Waals surface area contributed by atoms with E-state index in [-0.39, 0.29) is 24.6 Å². The highest BCUT2D eigenvalue weighted by Crippen LogP contribution is 2.12. The number of carbonyl (C=O) groups is 1. The average molecular weight is 340 g/mol. The van der Waals surface area contributed by atoms with Crippen molar-refractivity contribution in [2.24, 2.45) is 15.9 Å². The van der Waals surface area contributed by atoms with Gasteiger partial charge in [-0.15, -0.1) is 5.10 Å². The lowest BCUT2D eigenvalue weighted by Gasteiger charge is -2.08. The molecule has 0 fully saturated rings. The Kier molecular flexibility index (Phi) is 7.62. The third-order valence-electron chi connectivity index (χ3n) is 2.50. The van der Waals surface area contributed by atoms with E-state index in [1.54, 1.807) is 38.1 Å². The molecule has 1 aromatic carbocycles. The average Bonchev–Trinajstić information content (AvgIpc) is 2.50. The molecule has 23 heavy (non-hydrogen) atoms. The number of nitrogens with two attached hydrogens (primary N) is 1. The quantitative estimate of drug-likeness (QED) is 0.198. The Morgan fingerprint density at radius 2 is 1.96 bits per heavy atom. The number of hydrogen-bond acceptors (Lipinski definition) is 6. The fraction of sp³-hybridized carbons (Fsp3) is 0.267. The van der Waals surface area contributed by atoms with Crippen molar-refractivity contribution in [3.8, 4) is 0 Å². The predicted octanol–water partition coefficient (Wildman–Crippen LogP) is 2.40. The summed E-state index contributed by atoms with van der Waals surface area (Å²) in [5.41, 5.74) is 5.93. The van der Waals surface area contributed by atoms with E-state index in [4.69, 9.17) is 26.8 Å². The van der Waals surface area contributed by atoms with Gasteiger partial charge in [0.25, 0.3) is 5.95 Å². The Balaban J connectivity index is 3.05. The van der Waals surface area contributed by atoms with Crippen molar-refractivity contribution in [1.29, 1.82) is 0 Å². The number of hydrogen-bond donors (Lipinski definition) is 2. The first kappa shape index (κ1) is 18.5. The number of benzene rings is 1. The van der Waals surface area contributed by atoms with Crippen LogP contribution in [0.3, 0.4) is 0 Å². The Hall–Kier alpha value is -2.54. The van der Waals surface area contributed by atoms with E-state index in [1.807, 2.05) is 0 Å². The number of ether oxygens (including phenoxy) is 2. The summed E-state index contributed by atoms with van der Waals surface area (Å²) in [6.45, 7) is 3.51. The smallest absolute Gasteiger partial charge is 0.349 e. The third-order valence-corrected chi connectivity index (χ3v) is 2.84. The van der Waals surface area contributed by atoms with Crippen molar-refractivity contribution in [2.45, 2.75) is 13.8 Å². The van der Waals surface area contributed by atoms with Gasteiger partial charge in [0, 0.05) is 10.6 Å². The zero-order chi connectivity index (χ0) is 17.2. The number of aliphatic hydroxyl groups excluding tert-OH is 1. The number of esters is 1. The molecule has 0 aliphatic rings. The van der Waals surface area contributed by atoms with Crippen LogP contribution in [0.15, 0.2) is 46.0 Å². The fourth-order valence-corrected chi connectivity index (χ4v) is 1.68. The van der Waals surface area contributed by atoms with E-state index in [1.165, 1.54) is 6.21 Å². The molecule has 0 aromatic heterocycles. The maximum absolute atomic E-state index is 11.8. The van der Waals surface area contributed by atoms with Crippen LogP contribution < -0.4 is 5.73 Å². The lowest BCUT2D eigenvalue weighted by atomic mass is 10.2. The zero-order valence-corrected chi connectivity index (χ0v) is 13.6. The fourth-order valence-electron chi connectivity index (χ4n) is 1.50. The SMILES string of the molecule is CCOC(=O)C(C(N)=NN=Cc1ccccc1Cl)=C(O)OCC. The molecule has 3 N–H and O–H groups in total. The molecule has 0 aliphatic carbocycles. The molecule has 0 heterocycles. The molecular formula is C15H18ClN3O4. The Morgan fingerprint density at radius 1 is 1.30 bits per heavy atom. The number of rotatable bonds is 7. The van der Waals surface area contributed by atoms with Gasteiger partial charge in [0.05, 0.1) is 19.4 Å². The number of aliphatic hydroxyl groups is 1. The summed E-state index contributed by atoms with van der Waals surface area (Å²) in [5, 5.41) is 17.7. The maximum Gasteiger partial charge on any atom is 0.349 e. The molecule has 1 rings (SSSR count). The standard InChI is InChI=1S/C15H18ClN3O4/c1-3-22-14(20)12(15(21)23-4-2)13(17)19-18-9-10-7-5-6-8-11(10)16/h5-9,20H,3-4H2,1-2H3,(H2,17,19). The summed E-state index contributed by atoms with van der Waals surface area (Å²) in [5.74, 6) is -1.86. The van der Waals surface area contributed by atoms with Crippen molar-refractivity contribution in [3.63, 3.8) is 0 Å². The second kappa shape index (κ2) is 9.47. The minimum absolute atomic E-state index is 0.109. The van der Waals surface area contributed by atoms with E-state index in [9.17, 15) is 9.90 Å². The van der Waals surface area contributed by atoms with Crippen molar-refractivity contribution >= 4 is 29.6 Å². The van der Waals surface area contributed by atoms with Crippen LogP contribution >= 0.6 is 11.6 Å². The van der Waals surface area contributed by atoms with Crippen molar-refractivity contribution in [2.75, 3.05) is 13.2 Å². The molecule has 1 aromatic rings. The molecular weight excluding hydrogens is 322 g/mol. The Bertz CT molecular complexity index is 641. The van der Waals surface area contributed by atoms with Gasteiger partial charge in [0.15, 0.2) is 11.4 Å². The summed E-state index contributed by atoms with van der Waals surface area (Å²) >= 11 is 5.97. The van der Waals surface area contributed by atoms with Crippen molar-refractivity contribution in [3.05, 3.63) is 46.4 Å². The zero-order valence-electron chi connectivity index (χ0n) is 12.8. The molecule has 0 unspecified atom stereocenters. The first-order valence-corrected chi connectivity index (χ1v) is 7.23. The van der Waals surface area contributed by atoms with Crippen molar-refractivity contribution in [1.82, 2.24) is 0 Å². The topological polar surface area (TPSA) is 107 Å². The van der Waals surface area contributed by atoms with Crippen LogP contribution in [0, 0.1) is 0 Å². The van der Waals surface area contributed by atoms with Crippen LogP contribution in [0.4, 0.5) is 0 Å². The van der Waals surface area contributed by atoms with Gasteiger partial charge < -0.3 is 20.3 Å². The van der Waals surface area contributed by atoms with Gasteiger partial charge in [-0.05, 0) is 19.9 Å². The third kappa shape index (κ3) is 5.63. The maximum atomic E-state index is 11.8. The number of nitrogens with zero attached hydrogens (tertiary/aromatic N) is 2. The molecule has 7 nitrogen and oxygen atoms in total. The highest BCUT2D eigenvalue weighted by molar-refractivity contribution is 6.33. The molecule has 124 valence electrons.